The molecule has 3 heterocycles. The number of carbonyl (C=O) groups is 1. The maximum atomic E-state index is 13.0. The molecule has 0 radical (unpaired) electrons. The van der Waals surface area contributed by atoms with E-state index in [1.54, 1.807) is 11.3 Å². The van der Waals surface area contributed by atoms with Gasteiger partial charge in [-0.2, -0.15) is 0 Å². The van der Waals surface area contributed by atoms with Crippen LogP contribution in [-0.2, 0) is 5.41 Å². The lowest BCUT2D eigenvalue weighted by atomic mass is 9.86. The highest BCUT2D eigenvalue weighted by Crippen LogP contribution is 2.30. The third-order valence-electron chi connectivity index (χ3n) is 5.23. The van der Waals surface area contributed by atoms with Crippen molar-refractivity contribution in [2.24, 2.45) is 0 Å². The molecule has 1 atom stereocenters. The maximum Gasteiger partial charge on any atom is 0.257 e. The number of likely N-dealkylation sites (tertiary alicyclic amines) is 1. The van der Waals surface area contributed by atoms with Gasteiger partial charge in [0.25, 0.3) is 11.8 Å². The zero-order valence-electron chi connectivity index (χ0n) is 16.5. The smallest absolute Gasteiger partial charge is 0.257 e. The lowest BCUT2D eigenvalue weighted by molar-refractivity contribution is 0.0698. The number of amides is 1. The molecular formula is C22H25N3O2S. The Labute approximate surface area is 169 Å². The molecule has 0 spiro atoms. The van der Waals surface area contributed by atoms with Gasteiger partial charge in [-0.15, -0.1) is 21.5 Å². The van der Waals surface area contributed by atoms with Crippen LogP contribution in [0.15, 0.2) is 46.2 Å². The van der Waals surface area contributed by atoms with E-state index < -0.39 is 0 Å². The minimum atomic E-state index is 0.0724. The Balaban J connectivity index is 1.47. The Bertz CT molecular complexity index is 939. The van der Waals surface area contributed by atoms with E-state index in [0.29, 0.717) is 18.3 Å². The number of benzene rings is 1. The van der Waals surface area contributed by atoms with Crippen LogP contribution in [-0.4, -0.2) is 34.1 Å². The van der Waals surface area contributed by atoms with Gasteiger partial charge in [0.1, 0.15) is 0 Å². The van der Waals surface area contributed by atoms with E-state index in [9.17, 15) is 4.79 Å². The van der Waals surface area contributed by atoms with Crippen molar-refractivity contribution in [3.05, 3.63) is 58.8 Å². The first-order valence-electron chi connectivity index (χ1n) is 9.69. The minimum absolute atomic E-state index is 0.0724. The molecule has 1 aliphatic heterocycles. The van der Waals surface area contributed by atoms with E-state index in [-0.39, 0.29) is 17.2 Å². The summed E-state index contributed by atoms with van der Waals surface area (Å²) in [6.07, 6.45) is 1.89. The van der Waals surface area contributed by atoms with Crippen LogP contribution in [0.2, 0.25) is 0 Å². The molecule has 1 saturated heterocycles. The molecule has 1 unspecified atom stereocenters. The lowest BCUT2D eigenvalue weighted by Gasteiger charge is -2.31. The summed E-state index contributed by atoms with van der Waals surface area (Å²) in [5.74, 6) is 1.35. The van der Waals surface area contributed by atoms with Crippen LogP contribution >= 0.6 is 11.3 Å². The van der Waals surface area contributed by atoms with Crippen LogP contribution in [0.1, 0.15) is 61.3 Å². The molecule has 0 bridgehead atoms. The van der Waals surface area contributed by atoms with Crippen molar-refractivity contribution in [2.45, 2.75) is 44.9 Å². The number of carbonyl (C=O) groups excluding carboxylic acids is 1. The Morgan fingerprint density at radius 2 is 1.96 bits per heavy atom. The molecule has 0 N–H and O–H groups in total. The fraction of sp³-hybridized carbons (Fsp3) is 0.409. The molecule has 1 fully saturated rings. The zero-order valence-corrected chi connectivity index (χ0v) is 17.3. The van der Waals surface area contributed by atoms with E-state index in [1.165, 1.54) is 5.56 Å². The van der Waals surface area contributed by atoms with E-state index in [2.05, 4.69) is 43.1 Å². The maximum absolute atomic E-state index is 13.0. The molecule has 3 aromatic rings. The van der Waals surface area contributed by atoms with Crippen LogP contribution in [0.3, 0.4) is 0 Å². The average Bonchev–Trinajstić information content (AvgIpc) is 3.38. The monoisotopic (exact) mass is 395 g/mol. The molecule has 1 aromatic carbocycles. The molecule has 146 valence electrons. The summed E-state index contributed by atoms with van der Waals surface area (Å²) in [4.78, 5) is 15.9. The topological polar surface area (TPSA) is 59.2 Å². The number of piperidine rings is 1. The molecule has 1 aliphatic rings. The standard InChI is InChI=1S/C22H25N3O2S/c1-22(2,3)17-10-8-15(9-11-17)21(26)25-12-4-6-16(14-25)19-23-24-20(27-19)18-7-5-13-28-18/h5,7-11,13,16H,4,6,12,14H2,1-3H3. The molecule has 0 saturated carbocycles. The second kappa shape index (κ2) is 7.51. The molecule has 6 heteroatoms. The summed E-state index contributed by atoms with van der Waals surface area (Å²) in [6.45, 7) is 7.91. The van der Waals surface area contributed by atoms with Gasteiger partial charge in [0.2, 0.25) is 5.89 Å². The molecule has 4 rings (SSSR count). The molecule has 2 aromatic heterocycles. The molecule has 0 aliphatic carbocycles. The summed E-state index contributed by atoms with van der Waals surface area (Å²) in [5, 5.41) is 10.4. The first kappa shape index (κ1) is 18.9. The third kappa shape index (κ3) is 3.87. The first-order valence-corrected chi connectivity index (χ1v) is 10.6. The summed E-state index contributed by atoms with van der Waals surface area (Å²) in [7, 11) is 0. The highest BCUT2D eigenvalue weighted by Gasteiger charge is 2.29. The predicted octanol–water partition coefficient (Wildman–Crippen LogP) is 5.12. The van der Waals surface area contributed by atoms with Crippen molar-refractivity contribution >= 4 is 17.2 Å². The van der Waals surface area contributed by atoms with Crippen LogP contribution in [0.4, 0.5) is 0 Å². The molecule has 5 nitrogen and oxygen atoms in total. The number of hydrogen-bond acceptors (Lipinski definition) is 5. The van der Waals surface area contributed by atoms with Crippen molar-refractivity contribution < 1.29 is 9.21 Å². The van der Waals surface area contributed by atoms with Crippen LogP contribution in [0.5, 0.6) is 0 Å². The summed E-state index contributed by atoms with van der Waals surface area (Å²) >= 11 is 1.58. The molecular weight excluding hydrogens is 370 g/mol. The Morgan fingerprint density at radius 3 is 2.64 bits per heavy atom. The first-order chi connectivity index (χ1) is 13.4. The Morgan fingerprint density at radius 1 is 1.18 bits per heavy atom. The van der Waals surface area contributed by atoms with Crippen LogP contribution in [0, 0.1) is 0 Å². The number of nitrogens with zero attached hydrogens (tertiary/aromatic N) is 3. The fourth-order valence-corrected chi connectivity index (χ4v) is 4.20. The van der Waals surface area contributed by atoms with Gasteiger partial charge in [0, 0.05) is 18.7 Å². The Kier molecular flexibility index (Phi) is 5.06. The van der Waals surface area contributed by atoms with Gasteiger partial charge in [-0.25, -0.2) is 0 Å². The second-order valence-corrected chi connectivity index (χ2v) is 9.29. The number of hydrogen-bond donors (Lipinski definition) is 0. The van der Waals surface area contributed by atoms with E-state index >= 15 is 0 Å². The fourth-order valence-electron chi connectivity index (χ4n) is 3.56. The largest absolute Gasteiger partial charge is 0.420 e. The lowest BCUT2D eigenvalue weighted by Crippen LogP contribution is -2.39. The van der Waals surface area contributed by atoms with Gasteiger partial charge in [-0.1, -0.05) is 39.0 Å². The van der Waals surface area contributed by atoms with E-state index in [1.807, 2.05) is 34.5 Å². The highest BCUT2D eigenvalue weighted by atomic mass is 32.1. The summed E-state index contributed by atoms with van der Waals surface area (Å²) < 4.78 is 5.90. The van der Waals surface area contributed by atoms with Crippen molar-refractivity contribution in [1.29, 1.82) is 0 Å². The van der Waals surface area contributed by atoms with E-state index in [4.69, 9.17) is 4.42 Å². The average molecular weight is 396 g/mol. The number of thiophene rings is 1. The molecule has 28 heavy (non-hydrogen) atoms. The minimum Gasteiger partial charge on any atom is -0.420 e. The van der Waals surface area contributed by atoms with Gasteiger partial charge in [0.15, 0.2) is 0 Å². The van der Waals surface area contributed by atoms with Gasteiger partial charge in [-0.3, -0.25) is 4.79 Å². The van der Waals surface area contributed by atoms with Crippen molar-refractivity contribution in [1.82, 2.24) is 15.1 Å². The zero-order chi connectivity index (χ0) is 19.7. The van der Waals surface area contributed by atoms with Crippen molar-refractivity contribution in [3.63, 3.8) is 0 Å². The summed E-state index contributed by atoms with van der Waals surface area (Å²) in [6, 6.07) is 11.9. The number of aromatic nitrogens is 2. The SMILES string of the molecule is CC(C)(C)c1ccc(C(=O)N2CCCC(c3nnc(-c4cccs4)o3)C2)cc1. The van der Waals surface area contributed by atoms with Gasteiger partial charge < -0.3 is 9.32 Å². The quantitative estimate of drug-likeness (QED) is 0.618. The highest BCUT2D eigenvalue weighted by molar-refractivity contribution is 7.13. The van der Waals surface area contributed by atoms with Gasteiger partial charge >= 0.3 is 0 Å². The summed E-state index contributed by atoms with van der Waals surface area (Å²) in [5.41, 5.74) is 2.04. The molecule has 1 amide bonds. The van der Waals surface area contributed by atoms with E-state index in [0.717, 1.165) is 29.8 Å². The third-order valence-corrected chi connectivity index (χ3v) is 6.09. The van der Waals surface area contributed by atoms with Crippen LogP contribution in [0.25, 0.3) is 10.8 Å². The second-order valence-electron chi connectivity index (χ2n) is 8.34. The van der Waals surface area contributed by atoms with Crippen molar-refractivity contribution in [3.8, 4) is 10.8 Å². The predicted molar refractivity (Wildman–Crippen MR) is 111 cm³/mol. The van der Waals surface area contributed by atoms with Crippen LogP contribution < -0.4 is 0 Å². The normalized spacial score (nSPS) is 17.7. The number of rotatable bonds is 3. The van der Waals surface area contributed by atoms with Gasteiger partial charge in [-0.05, 0) is 47.4 Å². The van der Waals surface area contributed by atoms with Gasteiger partial charge in [0.05, 0.1) is 10.8 Å². The van der Waals surface area contributed by atoms with Crippen molar-refractivity contribution in [2.75, 3.05) is 13.1 Å². The Hall–Kier alpha value is -2.47.